The molecule has 0 radical (unpaired) electrons. The Morgan fingerprint density at radius 3 is 2.52 bits per heavy atom. The lowest BCUT2D eigenvalue weighted by molar-refractivity contribution is -0.128. The molecule has 0 aliphatic carbocycles. The Hall–Kier alpha value is -3.03. The number of anilines is 1. The van der Waals surface area contributed by atoms with Gasteiger partial charge in [0, 0.05) is 19.5 Å². The molecule has 0 saturated carbocycles. The molecule has 1 heterocycles. The molecule has 1 N–H and O–H groups in total. The second-order valence-corrected chi connectivity index (χ2v) is 6.24. The van der Waals surface area contributed by atoms with Crippen molar-refractivity contribution in [2.24, 2.45) is 5.92 Å². The molecule has 0 bridgehead atoms. The van der Waals surface area contributed by atoms with Crippen molar-refractivity contribution in [1.29, 1.82) is 0 Å². The van der Waals surface area contributed by atoms with Gasteiger partial charge in [-0.05, 0) is 29.8 Å². The van der Waals surface area contributed by atoms with Crippen molar-refractivity contribution in [3.63, 3.8) is 0 Å². The summed E-state index contributed by atoms with van der Waals surface area (Å²) < 4.78 is 45.0. The van der Waals surface area contributed by atoms with Gasteiger partial charge in [-0.3, -0.25) is 9.59 Å². The molecule has 142 valence electrons. The van der Waals surface area contributed by atoms with E-state index in [0.29, 0.717) is 12.3 Å². The van der Waals surface area contributed by atoms with Gasteiger partial charge in [-0.25, -0.2) is 13.2 Å². The fraction of sp³-hybridized carbons (Fsp3) is 0.263. The fourth-order valence-electron chi connectivity index (χ4n) is 2.91. The van der Waals surface area contributed by atoms with Crippen molar-refractivity contribution >= 4 is 17.5 Å². The summed E-state index contributed by atoms with van der Waals surface area (Å²) in [5.74, 6) is -5.31. The van der Waals surface area contributed by atoms with Crippen molar-refractivity contribution < 1.29 is 27.5 Å². The number of nitrogens with one attached hydrogen (secondary N) is 1. The van der Waals surface area contributed by atoms with Crippen LogP contribution in [0.25, 0.3) is 0 Å². The predicted molar refractivity (Wildman–Crippen MR) is 91.5 cm³/mol. The Kier molecular flexibility index (Phi) is 5.34. The molecule has 27 heavy (non-hydrogen) atoms. The summed E-state index contributed by atoms with van der Waals surface area (Å²) in [6, 6.07) is 8.84. The molecule has 1 aliphatic heterocycles. The van der Waals surface area contributed by atoms with Gasteiger partial charge in [0.15, 0.2) is 17.5 Å². The van der Waals surface area contributed by atoms with Gasteiger partial charge in [-0.1, -0.05) is 12.1 Å². The summed E-state index contributed by atoms with van der Waals surface area (Å²) in [6.07, 6.45) is -0.0344. The van der Waals surface area contributed by atoms with Gasteiger partial charge < -0.3 is 15.0 Å². The highest BCUT2D eigenvalue weighted by Gasteiger charge is 2.34. The number of hydrogen-bond acceptors (Lipinski definition) is 3. The minimum absolute atomic E-state index is 0.0344. The maximum atomic E-state index is 13.7. The summed E-state index contributed by atoms with van der Waals surface area (Å²) >= 11 is 0. The van der Waals surface area contributed by atoms with E-state index >= 15 is 0 Å². The number of benzene rings is 2. The van der Waals surface area contributed by atoms with E-state index in [9.17, 15) is 22.8 Å². The van der Waals surface area contributed by atoms with Crippen LogP contribution in [0.2, 0.25) is 0 Å². The van der Waals surface area contributed by atoms with Crippen LogP contribution in [0.1, 0.15) is 12.0 Å². The van der Waals surface area contributed by atoms with Crippen LogP contribution < -0.4 is 10.1 Å². The highest BCUT2D eigenvalue weighted by atomic mass is 19.2. The van der Waals surface area contributed by atoms with Crippen molar-refractivity contribution in [1.82, 2.24) is 4.90 Å². The summed E-state index contributed by atoms with van der Waals surface area (Å²) in [4.78, 5) is 26.0. The molecule has 1 fully saturated rings. The van der Waals surface area contributed by atoms with Crippen LogP contribution in [0.4, 0.5) is 18.9 Å². The van der Waals surface area contributed by atoms with E-state index in [4.69, 9.17) is 4.74 Å². The largest absolute Gasteiger partial charge is 0.497 e. The summed E-state index contributed by atoms with van der Waals surface area (Å²) in [5.41, 5.74) is 0.414. The Morgan fingerprint density at radius 1 is 1.15 bits per heavy atom. The van der Waals surface area contributed by atoms with Gasteiger partial charge in [-0.15, -0.1) is 0 Å². The number of amides is 2. The van der Waals surface area contributed by atoms with Gasteiger partial charge in [0.1, 0.15) is 5.75 Å². The second kappa shape index (κ2) is 7.69. The number of halogens is 3. The third-order valence-electron chi connectivity index (χ3n) is 4.41. The predicted octanol–water partition coefficient (Wildman–Crippen LogP) is 3.10. The van der Waals surface area contributed by atoms with Crippen LogP contribution >= 0.6 is 0 Å². The van der Waals surface area contributed by atoms with Crippen LogP contribution in [0.15, 0.2) is 36.4 Å². The van der Waals surface area contributed by atoms with Gasteiger partial charge in [0.05, 0.1) is 18.7 Å². The van der Waals surface area contributed by atoms with E-state index in [0.717, 1.165) is 17.7 Å². The van der Waals surface area contributed by atoms with E-state index in [1.807, 2.05) is 12.1 Å². The van der Waals surface area contributed by atoms with E-state index in [-0.39, 0.29) is 18.9 Å². The zero-order valence-corrected chi connectivity index (χ0v) is 14.5. The van der Waals surface area contributed by atoms with E-state index < -0.39 is 35.0 Å². The molecule has 1 saturated heterocycles. The van der Waals surface area contributed by atoms with Crippen molar-refractivity contribution in [2.75, 3.05) is 19.0 Å². The highest BCUT2D eigenvalue weighted by Crippen LogP contribution is 2.25. The lowest BCUT2D eigenvalue weighted by Crippen LogP contribution is -2.28. The molecule has 0 spiro atoms. The molecule has 2 amide bonds. The maximum Gasteiger partial charge on any atom is 0.229 e. The highest BCUT2D eigenvalue weighted by molar-refractivity contribution is 5.97. The summed E-state index contributed by atoms with van der Waals surface area (Å²) in [5, 5.41) is 2.22. The third kappa shape index (κ3) is 4.05. The van der Waals surface area contributed by atoms with E-state index in [2.05, 4.69) is 5.32 Å². The van der Waals surface area contributed by atoms with Crippen LogP contribution in [0, 0.1) is 23.4 Å². The average molecular weight is 378 g/mol. The second-order valence-electron chi connectivity index (χ2n) is 6.24. The average Bonchev–Trinajstić information content (AvgIpc) is 3.03. The van der Waals surface area contributed by atoms with E-state index in [1.165, 1.54) is 4.90 Å². The van der Waals surface area contributed by atoms with E-state index in [1.54, 1.807) is 19.2 Å². The summed E-state index contributed by atoms with van der Waals surface area (Å²) in [7, 11) is 1.55. The molecule has 2 aromatic rings. The number of likely N-dealkylation sites (tertiary alicyclic amines) is 1. The molecule has 2 aromatic carbocycles. The number of ether oxygens (including phenoxy) is 1. The van der Waals surface area contributed by atoms with Crippen LogP contribution in [-0.2, 0) is 16.1 Å². The smallest absolute Gasteiger partial charge is 0.229 e. The zero-order chi connectivity index (χ0) is 19.6. The lowest BCUT2D eigenvalue weighted by Gasteiger charge is -2.17. The van der Waals surface area contributed by atoms with Gasteiger partial charge in [0.25, 0.3) is 0 Å². The molecule has 3 rings (SSSR count). The van der Waals surface area contributed by atoms with Crippen molar-refractivity contribution in [3.8, 4) is 5.75 Å². The van der Waals surface area contributed by atoms with Crippen LogP contribution in [-0.4, -0.2) is 30.4 Å². The minimum atomic E-state index is -1.66. The monoisotopic (exact) mass is 378 g/mol. The number of nitrogens with zero attached hydrogens (tertiary/aromatic N) is 1. The molecule has 1 unspecified atom stereocenters. The number of methoxy groups -OCH3 is 1. The minimum Gasteiger partial charge on any atom is -0.497 e. The standard InChI is InChI=1S/C19H17F3N2O3/c1-27-13-4-2-11(3-5-13)9-24-10-12(8-16(24)25)19(26)23-15-7-6-14(20)17(21)18(15)22/h2-7,12H,8-10H2,1H3,(H,23,26). The quantitative estimate of drug-likeness (QED) is 0.814. The third-order valence-corrected chi connectivity index (χ3v) is 4.41. The Bertz CT molecular complexity index is 871. The Morgan fingerprint density at radius 2 is 1.85 bits per heavy atom. The van der Waals surface area contributed by atoms with Crippen LogP contribution in [0.5, 0.6) is 5.75 Å². The molecular formula is C19H17F3N2O3. The Balaban J connectivity index is 1.64. The number of rotatable bonds is 5. The molecule has 0 aromatic heterocycles. The van der Waals surface area contributed by atoms with Gasteiger partial charge >= 0.3 is 0 Å². The Labute approximate surface area is 153 Å². The summed E-state index contributed by atoms with van der Waals surface area (Å²) in [6.45, 7) is 0.480. The fourth-order valence-corrected chi connectivity index (χ4v) is 2.91. The molecule has 5 nitrogen and oxygen atoms in total. The van der Waals surface area contributed by atoms with Crippen LogP contribution in [0.3, 0.4) is 0 Å². The normalized spacial score (nSPS) is 16.5. The lowest BCUT2D eigenvalue weighted by atomic mass is 10.1. The maximum absolute atomic E-state index is 13.7. The number of carbonyl (C=O) groups is 2. The van der Waals surface area contributed by atoms with Crippen molar-refractivity contribution in [3.05, 3.63) is 59.4 Å². The van der Waals surface area contributed by atoms with Crippen molar-refractivity contribution in [2.45, 2.75) is 13.0 Å². The van der Waals surface area contributed by atoms with Gasteiger partial charge in [0.2, 0.25) is 11.8 Å². The number of hydrogen-bond donors (Lipinski definition) is 1. The van der Waals surface area contributed by atoms with Gasteiger partial charge in [-0.2, -0.15) is 0 Å². The number of carbonyl (C=O) groups excluding carboxylic acids is 2. The molecule has 8 heteroatoms. The molecule has 1 atom stereocenters. The first kappa shape index (κ1) is 18.8. The molecular weight excluding hydrogens is 361 g/mol. The topological polar surface area (TPSA) is 58.6 Å². The first-order chi connectivity index (χ1) is 12.9. The SMILES string of the molecule is COc1ccc(CN2CC(C(=O)Nc3ccc(F)c(F)c3F)CC2=O)cc1. The first-order valence-corrected chi connectivity index (χ1v) is 8.24. The first-order valence-electron chi connectivity index (χ1n) is 8.24. The molecule has 1 aliphatic rings. The zero-order valence-electron chi connectivity index (χ0n) is 14.5.